The van der Waals surface area contributed by atoms with E-state index in [-0.39, 0.29) is 16.7 Å². The second-order valence-corrected chi connectivity index (χ2v) is 10.8. The fourth-order valence-electron chi connectivity index (χ4n) is 4.43. The van der Waals surface area contributed by atoms with Crippen LogP contribution in [0.2, 0.25) is 0 Å². The molecule has 0 atom stereocenters. The van der Waals surface area contributed by atoms with Crippen molar-refractivity contribution in [3.05, 3.63) is 78.8 Å². The molecule has 2 aromatic heterocycles. The highest BCUT2D eigenvalue weighted by molar-refractivity contribution is 7.89. The fourth-order valence-corrected chi connectivity index (χ4v) is 5.90. The summed E-state index contributed by atoms with van der Waals surface area (Å²) in [6.07, 6.45) is -0.366. The van der Waals surface area contributed by atoms with Crippen LogP contribution in [0.25, 0.3) is 16.8 Å². The molecule has 1 N–H and O–H groups in total. The average Bonchev–Trinajstić information content (AvgIpc) is 3.32. The Morgan fingerprint density at radius 1 is 0.974 bits per heavy atom. The van der Waals surface area contributed by atoms with E-state index in [1.165, 1.54) is 34.8 Å². The number of hydrogen-bond acceptors (Lipinski definition) is 6. The highest BCUT2D eigenvalue weighted by atomic mass is 32.2. The molecule has 196 valence electrons. The van der Waals surface area contributed by atoms with Crippen LogP contribution in [0.5, 0.6) is 5.75 Å². The van der Waals surface area contributed by atoms with Crippen LogP contribution in [0.3, 0.4) is 0 Å². The maximum atomic E-state index is 13.2. The number of alkyl halides is 3. The summed E-state index contributed by atoms with van der Waals surface area (Å²) in [6, 6.07) is 17.8. The zero-order valence-electron chi connectivity index (χ0n) is 19.9. The normalized spacial score (nSPS) is 15.3. The van der Waals surface area contributed by atoms with Crippen LogP contribution in [0.15, 0.2) is 78.0 Å². The summed E-state index contributed by atoms with van der Waals surface area (Å²) < 4.78 is 70.4. The van der Waals surface area contributed by atoms with Gasteiger partial charge in [0, 0.05) is 31.0 Å². The zero-order valence-corrected chi connectivity index (χ0v) is 20.7. The van der Waals surface area contributed by atoms with E-state index < -0.39 is 16.4 Å². The summed E-state index contributed by atoms with van der Waals surface area (Å²) in [5, 5.41) is 12.5. The van der Waals surface area contributed by atoms with E-state index in [1.807, 2.05) is 6.07 Å². The van der Waals surface area contributed by atoms with Crippen molar-refractivity contribution < 1.29 is 26.3 Å². The van der Waals surface area contributed by atoms with E-state index in [0.717, 1.165) is 11.1 Å². The van der Waals surface area contributed by atoms with Gasteiger partial charge in [-0.05, 0) is 72.5 Å². The number of nitrogens with zero attached hydrogens (tertiary/aromatic N) is 4. The lowest BCUT2D eigenvalue weighted by molar-refractivity contribution is -0.274. The van der Waals surface area contributed by atoms with E-state index in [2.05, 4.69) is 21.1 Å². The van der Waals surface area contributed by atoms with Gasteiger partial charge in [-0.3, -0.25) is 4.40 Å². The molecule has 0 aliphatic carbocycles. The number of ether oxygens (including phenoxy) is 1. The summed E-state index contributed by atoms with van der Waals surface area (Å²) >= 11 is 0. The Kier molecular flexibility index (Phi) is 6.73. The third-order valence-corrected chi connectivity index (χ3v) is 8.27. The van der Waals surface area contributed by atoms with Gasteiger partial charge in [-0.15, -0.1) is 13.2 Å². The van der Waals surface area contributed by atoms with Gasteiger partial charge in [0.1, 0.15) is 23.2 Å². The lowest BCUT2D eigenvalue weighted by Crippen LogP contribution is -2.42. The standard InChI is InChI=1S/C26H22F3N5O3S/c27-26(28,29)37-23-6-4-20(5-7-23)32-21-11-13-33(14-12-21)38(35,36)24-8-1-18(2-9-24)19-3-10-25-31-16-22(15-30)34(25)17-19/h1-10,16-17,21,32H,11-14H2. The van der Waals surface area contributed by atoms with Crippen molar-refractivity contribution in [3.63, 3.8) is 0 Å². The van der Waals surface area contributed by atoms with Crippen molar-refractivity contribution in [1.29, 1.82) is 5.26 Å². The summed E-state index contributed by atoms with van der Waals surface area (Å²) in [4.78, 5) is 4.36. The first kappa shape index (κ1) is 25.6. The van der Waals surface area contributed by atoms with Gasteiger partial charge in [0.25, 0.3) is 0 Å². The van der Waals surface area contributed by atoms with Gasteiger partial charge in [-0.25, -0.2) is 13.4 Å². The van der Waals surface area contributed by atoms with Crippen LogP contribution in [-0.2, 0) is 10.0 Å². The number of sulfonamides is 1. The van der Waals surface area contributed by atoms with Crippen molar-refractivity contribution in [3.8, 4) is 22.9 Å². The molecule has 8 nitrogen and oxygen atoms in total. The van der Waals surface area contributed by atoms with Gasteiger partial charge in [-0.2, -0.15) is 9.57 Å². The molecule has 1 fully saturated rings. The molecule has 3 heterocycles. The first-order valence-electron chi connectivity index (χ1n) is 11.7. The number of aromatic nitrogens is 2. The van der Waals surface area contributed by atoms with Crippen LogP contribution in [0, 0.1) is 11.3 Å². The number of imidazole rings is 1. The molecule has 38 heavy (non-hydrogen) atoms. The molecule has 1 aliphatic rings. The monoisotopic (exact) mass is 541 g/mol. The van der Waals surface area contributed by atoms with Crippen molar-refractivity contribution in [1.82, 2.24) is 13.7 Å². The van der Waals surface area contributed by atoms with E-state index >= 15 is 0 Å². The van der Waals surface area contributed by atoms with Gasteiger partial charge in [0.15, 0.2) is 0 Å². The van der Waals surface area contributed by atoms with Crippen LogP contribution in [-0.4, -0.2) is 47.6 Å². The first-order chi connectivity index (χ1) is 18.1. The van der Waals surface area contributed by atoms with E-state index in [0.29, 0.717) is 43.0 Å². The van der Waals surface area contributed by atoms with Crippen LogP contribution >= 0.6 is 0 Å². The minimum Gasteiger partial charge on any atom is -0.406 e. The average molecular weight is 542 g/mol. The van der Waals surface area contributed by atoms with Gasteiger partial charge < -0.3 is 10.1 Å². The number of nitriles is 1. The SMILES string of the molecule is N#Cc1cnc2ccc(-c3ccc(S(=O)(=O)N4CCC(Nc5ccc(OC(F)(F)F)cc5)CC4)cc3)cn12. The van der Waals surface area contributed by atoms with Crippen LogP contribution < -0.4 is 10.1 Å². The lowest BCUT2D eigenvalue weighted by atomic mass is 10.1. The Labute approximate surface area is 217 Å². The third kappa shape index (κ3) is 5.44. The molecular weight excluding hydrogens is 519 g/mol. The number of fused-ring (bicyclic) bond motifs is 1. The molecule has 5 rings (SSSR count). The van der Waals surface area contributed by atoms with Gasteiger partial charge >= 0.3 is 6.36 Å². The smallest absolute Gasteiger partial charge is 0.406 e. The van der Waals surface area contributed by atoms with Crippen molar-refractivity contribution in [2.75, 3.05) is 18.4 Å². The molecule has 0 amide bonds. The largest absolute Gasteiger partial charge is 0.573 e. The third-order valence-electron chi connectivity index (χ3n) is 6.36. The summed E-state index contributed by atoms with van der Waals surface area (Å²) in [5.74, 6) is -0.302. The molecule has 4 aromatic rings. The summed E-state index contributed by atoms with van der Waals surface area (Å²) in [6.45, 7) is 0.622. The number of halogens is 3. The maximum absolute atomic E-state index is 13.2. The molecule has 1 saturated heterocycles. The molecule has 0 unspecified atom stereocenters. The maximum Gasteiger partial charge on any atom is 0.573 e. The van der Waals surface area contributed by atoms with Crippen molar-refractivity contribution in [2.45, 2.75) is 30.1 Å². The molecule has 1 aliphatic heterocycles. The van der Waals surface area contributed by atoms with E-state index in [9.17, 15) is 26.9 Å². The molecular formula is C26H22F3N5O3S. The van der Waals surface area contributed by atoms with Crippen molar-refractivity contribution in [2.24, 2.45) is 0 Å². The van der Waals surface area contributed by atoms with E-state index in [1.54, 1.807) is 40.9 Å². The molecule has 2 aromatic carbocycles. The predicted octanol–water partition coefficient (Wildman–Crippen LogP) is 5.04. The Hall–Kier alpha value is -4.08. The van der Waals surface area contributed by atoms with Gasteiger partial charge in [-0.1, -0.05) is 12.1 Å². The highest BCUT2D eigenvalue weighted by Gasteiger charge is 2.31. The lowest BCUT2D eigenvalue weighted by Gasteiger charge is -2.32. The summed E-state index contributed by atoms with van der Waals surface area (Å²) in [7, 11) is -3.69. The molecule has 0 spiro atoms. The second-order valence-electron chi connectivity index (χ2n) is 8.82. The Balaban J connectivity index is 1.21. The van der Waals surface area contributed by atoms with E-state index in [4.69, 9.17) is 0 Å². The zero-order chi connectivity index (χ0) is 26.9. The number of nitrogens with one attached hydrogen (secondary N) is 1. The second kappa shape index (κ2) is 10.00. The Morgan fingerprint density at radius 2 is 1.63 bits per heavy atom. The summed E-state index contributed by atoms with van der Waals surface area (Å²) in [5.41, 5.74) is 3.31. The number of rotatable bonds is 6. The van der Waals surface area contributed by atoms with Gasteiger partial charge in [0.05, 0.1) is 11.1 Å². The number of piperidine rings is 1. The quantitative estimate of drug-likeness (QED) is 0.367. The first-order valence-corrected chi connectivity index (χ1v) is 13.2. The number of anilines is 1. The number of pyridine rings is 1. The number of benzene rings is 2. The van der Waals surface area contributed by atoms with Crippen LogP contribution in [0.4, 0.5) is 18.9 Å². The molecule has 12 heteroatoms. The minimum absolute atomic E-state index is 0.0189. The fraction of sp³-hybridized carbons (Fsp3) is 0.231. The topological polar surface area (TPSA) is 99.7 Å². The molecule has 0 saturated carbocycles. The molecule has 0 radical (unpaired) electrons. The predicted molar refractivity (Wildman–Crippen MR) is 134 cm³/mol. The molecule has 0 bridgehead atoms. The van der Waals surface area contributed by atoms with Gasteiger partial charge in [0.2, 0.25) is 10.0 Å². The number of hydrogen-bond donors (Lipinski definition) is 1. The Bertz CT molecular complexity index is 1590. The van der Waals surface area contributed by atoms with Crippen molar-refractivity contribution >= 4 is 21.4 Å². The highest BCUT2D eigenvalue weighted by Crippen LogP contribution is 2.28. The Morgan fingerprint density at radius 3 is 2.26 bits per heavy atom. The minimum atomic E-state index is -4.75. The van der Waals surface area contributed by atoms with Crippen LogP contribution in [0.1, 0.15) is 18.5 Å².